The van der Waals surface area contributed by atoms with E-state index in [0.717, 1.165) is 20.4 Å². The molecule has 1 N–H and O–H groups in total. The topological polar surface area (TPSA) is 67.5 Å². The first kappa shape index (κ1) is 18.0. The summed E-state index contributed by atoms with van der Waals surface area (Å²) in [4.78, 5) is 12.4. The van der Waals surface area contributed by atoms with Crippen LogP contribution in [-0.2, 0) is 0 Å². The first-order chi connectivity index (χ1) is 12.6. The van der Waals surface area contributed by atoms with E-state index in [1.165, 1.54) is 12.1 Å². The Morgan fingerprint density at radius 1 is 0.923 bits per heavy atom. The number of nitro benzene ring substituents is 1. The summed E-state index contributed by atoms with van der Waals surface area (Å²) in [5.74, 6) is 0. The molecule has 0 amide bonds. The van der Waals surface area contributed by atoms with Gasteiger partial charge in [-0.3, -0.25) is 15.5 Å². The van der Waals surface area contributed by atoms with Gasteiger partial charge in [0, 0.05) is 26.9 Å². The van der Waals surface area contributed by atoms with Crippen molar-refractivity contribution < 1.29 is 4.92 Å². The van der Waals surface area contributed by atoms with Crippen molar-refractivity contribution in [1.29, 1.82) is 0 Å². The van der Waals surface area contributed by atoms with Crippen LogP contribution in [0.5, 0.6) is 0 Å². The molecule has 0 saturated heterocycles. The van der Waals surface area contributed by atoms with E-state index in [-0.39, 0.29) is 5.69 Å². The van der Waals surface area contributed by atoms with Crippen LogP contribution in [-0.4, -0.2) is 11.1 Å². The summed E-state index contributed by atoms with van der Waals surface area (Å²) in [6.45, 7) is 0. The average Bonchev–Trinajstić information content (AvgIpc) is 2.65. The number of nitrogens with one attached hydrogen (secondary N) is 1. The molecule has 0 bridgehead atoms. The molecule has 130 valence electrons. The quantitative estimate of drug-likeness (QED) is 0.329. The molecule has 0 atom stereocenters. The average molecular weight is 384 g/mol. The summed E-state index contributed by atoms with van der Waals surface area (Å²) in [5.41, 5.74) is 4.52. The van der Waals surface area contributed by atoms with Gasteiger partial charge in [0.15, 0.2) is 0 Å². The van der Waals surface area contributed by atoms with Crippen molar-refractivity contribution in [3.05, 3.63) is 93.5 Å². The number of halogens is 1. The molecule has 7 heteroatoms. The maximum Gasteiger partial charge on any atom is 0.269 e. The smallest absolute Gasteiger partial charge is 0.269 e. The molecule has 0 unspecified atom stereocenters. The van der Waals surface area contributed by atoms with Gasteiger partial charge in [-0.2, -0.15) is 5.10 Å². The second-order valence-corrected chi connectivity index (χ2v) is 6.88. The first-order valence-electron chi connectivity index (χ1n) is 7.67. The Morgan fingerprint density at radius 3 is 2.08 bits per heavy atom. The number of anilines is 1. The van der Waals surface area contributed by atoms with E-state index >= 15 is 0 Å². The summed E-state index contributed by atoms with van der Waals surface area (Å²) in [6, 6.07) is 21.8. The van der Waals surface area contributed by atoms with Gasteiger partial charge in [-0.1, -0.05) is 35.5 Å². The van der Waals surface area contributed by atoms with Crippen LogP contribution in [0.2, 0.25) is 5.02 Å². The third kappa shape index (κ3) is 5.08. The number of hydrazone groups is 1. The Hall–Kier alpha value is -2.83. The largest absolute Gasteiger partial charge is 0.278 e. The van der Waals surface area contributed by atoms with Gasteiger partial charge in [-0.05, 0) is 54.1 Å². The number of rotatable bonds is 6. The lowest BCUT2D eigenvalue weighted by Gasteiger charge is -2.03. The van der Waals surface area contributed by atoms with E-state index in [4.69, 9.17) is 11.6 Å². The van der Waals surface area contributed by atoms with Gasteiger partial charge in [0.2, 0.25) is 0 Å². The first-order valence-corrected chi connectivity index (χ1v) is 8.87. The lowest BCUT2D eigenvalue weighted by atomic mass is 10.2. The summed E-state index contributed by atoms with van der Waals surface area (Å²) in [7, 11) is 0. The van der Waals surface area contributed by atoms with Crippen LogP contribution < -0.4 is 5.43 Å². The Labute approximate surface area is 159 Å². The molecule has 5 nitrogen and oxygen atoms in total. The number of hydrogen-bond donors (Lipinski definition) is 1. The van der Waals surface area contributed by atoms with E-state index in [0.29, 0.717) is 5.69 Å². The molecule has 0 spiro atoms. The molecule has 0 fully saturated rings. The fourth-order valence-electron chi connectivity index (χ4n) is 2.10. The highest BCUT2D eigenvalue weighted by Gasteiger charge is 2.03. The third-order valence-electron chi connectivity index (χ3n) is 3.41. The van der Waals surface area contributed by atoms with Crippen molar-refractivity contribution >= 4 is 41.0 Å². The van der Waals surface area contributed by atoms with Crippen molar-refractivity contribution in [2.45, 2.75) is 9.79 Å². The number of nitrogens with zero attached hydrogens (tertiary/aromatic N) is 2. The van der Waals surface area contributed by atoms with Crippen molar-refractivity contribution in [2.75, 3.05) is 5.43 Å². The van der Waals surface area contributed by atoms with Gasteiger partial charge < -0.3 is 0 Å². The molecule has 3 aromatic rings. The van der Waals surface area contributed by atoms with Crippen LogP contribution in [0.4, 0.5) is 11.4 Å². The molecule has 0 aliphatic rings. The zero-order chi connectivity index (χ0) is 18.4. The zero-order valence-electron chi connectivity index (χ0n) is 13.5. The highest BCUT2D eigenvalue weighted by atomic mass is 35.5. The maximum atomic E-state index is 10.6. The zero-order valence-corrected chi connectivity index (χ0v) is 15.1. The predicted octanol–water partition coefficient (Wildman–Crippen LogP) is 5.85. The van der Waals surface area contributed by atoms with Gasteiger partial charge in [-0.25, -0.2) is 0 Å². The Kier molecular flexibility index (Phi) is 5.88. The van der Waals surface area contributed by atoms with Crippen molar-refractivity contribution in [2.24, 2.45) is 5.10 Å². The molecule has 26 heavy (non-hydrogen) atoms. The molecule has 0 aliphatic carbocycles. The summed E-state index contributed by atoms with van der Waals surface area (Å²) >= 11 is 7.55. The second kappa shape index (κ2) is 8.51. The lowest BCUT2D eigenvalue weighted by Crippen LogP contribution is -1.92. The van der Waals surface area contributed by atoms with Crippen molar-refractivity contribution in [1.82, 2.24) is 0 Å². The van der Waals surface area contributed by atoms with Gasteiger partial charge in [0.05, 0.1) is 16.8 Å². The lowest BCUT2D eigenvalue weighted by molar-refractivity contribution is -0.384. The minimum atomic E-state index is -0.434. The molecule has 3 rings (SSSR count). The minimum absolute atomic E-state index is 0.0494. The summed E-state index contributed by atoms with van der Waals surface area (Å²) in [6.07, 6.45) is 1.69. The Bertz CT molecular complexity index is 911. The van der Waals surface area contributed by atoms with Crippen LogP contribution in [0, 0.1) is 10.1 Å². The van der Waals surface area contributed by atoms with Crippen LogP contribution in [0.1, 0.15) is 5.56 Å². The fourth-order valence-corrected chi connectivity index (χ4v) is 3.04. The van der Waals surface area contributed by atoms with Crippen LogP contribution >= 0.6 is 23.4 Å². The van der Waals surface area contributed by atoms with E-state index in [2.05, 4.69) is 10.5 Å². The SMILES string of the molecule is O=[N+]([O-])c1ccc(N/N=C\c2ccc(Sc3ccc(Cl)cc3)cc2)cc1. The Morgan fingerprint density at radius 2 is 1.50 bits per heavy atom. The number of nitro groups is 1. The predicted molar refractivity (Wildman–Crippen MR) is 106 cm³/mol. The van der Waals surface area contributed by atoms with Crippen LogP contribution in [0.15, 0.2) is 87.7 Å². The number of benzene rings is 3. The van der Waals surface area contributed by atoms with Gasteiger partial charge >= 0.3 is 0 Å². The molecule has 0 radical (unpaired) electrons. The van der Waals surface area contributed by atoms with Crippen molar-refractivity contribution in [3.63, 3.8) is 0 Å². The third-order valence-corrected chi connectivity index (χ3v) is 4.68. The van der Waals surface area contributed by atoms with E-state index in [1.54, 1.807) is 30.1 Å². The highest BCUT2D eigenvalue weighted by Crippen LogP contribution is 2.28. The van der Waals surface area contributed by atoms with Crippen LogP contribution in [0.25, 0.3) is 0 Å². The van der Waals surface area contributed by atoms with E-state index in [9.17, 15) is 10.1 Å². The number of non-ortho nitro benzene ring substituents is 1. The molecule has 0 saturated carbocycles. The van der Waals surface area contributed by atoms with Gasteiger partial charge in [-0.15, -0.1) is 0 Å². The molecular weight excluding hydrogens is 370 g/mol. The van der Waals surface area contributed by atoms with Gasteiger partial charge in [0.1, 0.15) is 0 Å². The van der Waals surface area contributed by atoms with E-state index in [1.807, 2.05) is 48.5 Å². The Balaban J connectivity index is 1.57. The summed E-state index contributed by atoms with van der Waals surface area (Å²) < 4.78 is 0. The summed E-state index contributed by atoms with van der Waals surface area (Å²) in [5, 5.41) is 15.5. The minimum Gasteiger partial charge on any atom is -0.278 e. The van der Waals surface area contributed by atoms with Gasteiger partial charge in [0.25, 0.3) is 5.69 Å². The highest BCUT2D eigenvalue weighted by molar-refractivity contribution is 7.99. The van der Waals surface area contributed by atoms with E-state index < -0.39 is 4.92 Å². The fraction of sp³-hybridized carbons (Fsp3) is 0. The standard InChI is InChI=1S/C19H14ClN3O2S/c20-15-3-11-19(12-4-15)26-18-9-1-14(2-10-18)13-21-22-16-5-7-17(8-6-16)23(24)25/h1-13,22H/b21-13-. The normalized spacial score (nSPS) is 10.8. The maximum absolute atomic E-state index is 10.6. The monoisotopic (exact) mass is 383 g/mol. The molecule has 0 aliphatic heterocycles. The molecule has 3 aromatic carbocycles. The van der Waals surface area contributed by atoms with Crippen molar-refractivity contribution in [3.8, 4) is 0 Å². The molecule has 0 heterocycles. The second-order valence-electron chi connectivity index (χ2n) is 5.30. The molecular formula is C19H14ClN3O2S. The van der Waals surface area contributed by atoms with Crippen LogP contribution in [0.3, 0.4) is 0 Å². The number of hydrogen-bond acceptors (Lipinski definition) is 5. The molecule has 0 aromatic heterocycles.